The van der Waals surface area contributed by atoms with Crippen LogP contribution in [0.25, 0.3) is 10.9 Å². The molecule has 8 nitrogen and oxygen atoms in total. The number of hydrogen-bond donors (Lipinski definition) is 3. The second-order valence-corrected chi connectivity index (χ2v) is 9.13. The minimum Gasteiger partial charge on any atom is -0.373 e. The number of carbonyl (C=O) groups excluding carboxylic acids is 1. The van der Waals surface area contributed by atoms with Crippen LogP contribution < -0.4 is 0 Å². The first-order valence-electron chi connectivity index (χ1n) is 11.2. The first-order valence-corrected chi connectivity index (χ1v) is 11.2. The van der Waals surface area contributed by atoms with Gasteiger partial charge in [0.15, 0.2) is 5.69 Å². The maximum atomic E-state index is 13.3. The molecule has 3 aromatic rings. The number of carbonyl (C=O) groups is 1. The molecule has 1 fully saturated rings. The van der Waals surface area contributed by atoms with E-state index in [-0.39, 0.29) is 18.2 Å². The molecule has 1 atom stereocenters. The van der Waals surface area contributed by atoms with Gasteiger partial charge in [0, 0.05) is 43.3 Å². The number of fused-ring (bicyclic) bond motifs is 2. The highest BCUT2D eigenvalue weighted by molar-refractivity contribution is 5.94. The standard InChI is InChI=1S/C23H26F3N5O3/c1-30(22(7-8-22)12-34-13-23(24,25)26)21(33)19-15-11-31(9-6-17(15)28-29-19)20(32)18-10-14-4-2-3-5-16(14)27-18/h2-5,10,20,27,32H,6-9,11-13H2,1H3,(H,28,29). The third-order valence-electron chi connectivity index (χ3n) is 6.82. The number of aromatic amines is 2. The second-order valence-electron chi connectivity index (χ2n) is 9.13. The molecule has 1 aliphatic heterocycles. The van der Waals surface area contributed by atoms with Crippen LogP contribution in [0.4, 0.5) is 13.2 Å². The largest absolute Gasteiger partial charge is 0.411 e. The van der Waals surface area contributed by atoms with Gasteiger partial charge in [-0.3, -0.25) is 14.8 Å². The van der Waals surface area contributed by atoms with Crippen molar-refractivity contribution < 1.29 is 27.8 Å². The molecule has 0 saturated heterocycles. The van der Waals surface area contributed by atoms with Crippen molar-refractivity contribution in [2.24, 2.45) is 0 Å². The second kappa shape index (κ2) is 8.40. The summed E-state index contributed by atoms with van der Waals surface area (Å²) in [5.41, 5.74) is 2.61. The SMILES string of the molecule is CN(C(=O)c1n[nH]c2c1CN(C(O)c1cc3ccccc3[nH]1)CC2)C1(COCC(F)(F)F)CC1. The summed E-state index contributed by atoms with van der Waals surface area (Å²) in [5, 5.41) is 19.2. The Bertz CT molecular complexity index is 1170. The van der Waals surface area contributed by atoms with Crippen molar-refractivity contribution in [1.82, 2.24) is 25.0 Å². The van der Waals surface area contributed by atoms with Crippen molar-refractivity contribution in [3.05, 3.63) is 53.0 Å². The molecule has 1 aromatic carbocycles. The molecular weight excluding hydrogens is 451 g/mol. The number of benzene rings is 1. The summed E-state index contributed by atoms with van der Waals surface area (Å²) in [5.74, 6) is -0.368. The zero-order valence-electron chi connectivity index (χ0n) is 18.7. The molecule has 1 unspecified atom stereocenters. The van der Waals surface area contributed by atoms with Crippen molar-refractivity contribution in [3.8, 4) is 0 Å². The number of nitrogens with one attached hydrogen (secondary N) is 2. The quantitative estimate of drug-likeness (QED) is 0.486. The highest BCUT2D eigenvalue weighted by Gasteiger charge is 2.50. The van der Waals surface area contributed by atoms with Crippen LogP contribution in [0, 0.1) is 0 Å². The minimum absolute atomic E-state index is 0.174. The van der Waals surface area contributed by atoms with E-state index in [1.807, 2.05) is 35.2 Å². The number of ether oxygens (including phenoxy) is 1. The molecule has 1 aliphatic carbocycles. The van der Waals surface area contributed by atoms with Crippen LogP contribution in [-0.2, 0) is 17.7 Å². The van der Waals surface area contributed by atoms with Gasteiger partial charge in [-0.05, 0) is 30.4 Å². The fourth-order valence-corrected chi connectivity index (χ4v) is 4.59. The molecule has 5 rings (SSSR count). The maximum Gasteiger partial charge on any atom is 0.411 e. The number of hydrogen-bond acceptors (Lipinski definition) is 5. The molecule has 1 amide bonds. The van der Waals surface area contributed by atoms with E-state index in [2.05, 4.69) is 15.2 Å². The van der Waals surface area contributed by atoms with Gasteiger partial charge in [0.1, 0.15) is 12.8 Å². The number of likely N-dealkylation sites (N-methyl/N-ethyl adjacent to an activating group) is 1. The van der Waals surface area contributed by atoms with Crippen LogP contribution in [0.5, 0.6) is 0 Å². The van der Waals surface area contributed by atoms with Crippen LogP contribution in [0.1, 0.15) is 46.5 Å². The third kappa shape index (κ3) is 4.30. The first kappa shape index (κ1) is 22.9. The molecule has 2 aliphatic rings. The number of amides is 1. The van der Waals surface area contributed by atoms with E-state index in [0.29, 0.717) is 43.6 Å². The van der Waals surface area contributed by atoms with Crippen LogP contribution in [0.15, 0.2) is 30.3 Å². The molecule has 3 N–H and O–H groups in total. The van der Waals surface area contributed by atoms with E-state index in [0.717, 1.165) is 16.6 Å². The Morgan fingerprint density at radius 1 is 1.35 bits per heavy atom. The van der Waals surface area contributed by atoms with Gasteiger partial charge < -0.3 is 19.7 Å². The highest BCUT2D eigenvalue weighted by Crippen LogP contribution is 2.42. The Morgan fingerprint density at radius 2 is 2.12 bits per heavy atom. The molecule has 0 bridgehead atoms. The monoisotopic (exact) mass is 477 g/mol. The summed E-state index contributed by atoms with van der Waals surface area (Å²) in [6, 6.07) is 9.66. The molecule has 34 heavy (non-hydrogen) atoms. The zero-order chi connectivity index (χ0) is 24.1. The van der Waals surface area contributed by atoms with E-state index in [4.69, 9.17) is 4.74 Å². The van der Waals surface area contributed by atoms with Crippen LogP contribution in [0.3, 0.4) is 0 Å². The molecule has 2 aromatic heterocycles. The normalized spacial score (nSPS) is 18.6. The number of aliphatic hydroxyl groups is 1. The van der Waals surface area contributed by atoms with Crippen molar-refractivity contribution in [2.75, 3.05) is 26.8 Å². The van der Waals surface area contributed by atoms with E-state index in [1.54, 1.807) is 7.05 Å². The van der Waals surface area contributed by atoms with Crippen molar-refractivity contribution in [2.45, 2.75) is 43.8 Å². The Kier molecular flexibility index (Phi) is 5.65. The van der Waals surface area contributed by atoms with Gasteiger partial charge in [-0.1, -0.05) is 18.2 Å². The van der Waals surface area contributed by atoms with E-state index in [9.17, 15) is 23.1 Å². The van der Waals surface area contributed by atoms with Gasteiger partial charge in [-0.15, -0.1) is 0 Å². The number of alkyl halides is 3. The lowest BCUT2D eigenvalue weighted by Gasteiger charge is -2.32. The average Bonchev–Trinajstić information content (AvgIpc) is 3.28. The molecule has 11 heteroatoms. The molecule has 182 valence electrons. The minimum atomic E-state index is -4.41. The van der Waals surface area contributed by atoms with Gasteiger partial charge in [0.25, 0.3) is 5.91 Å². The molecule has 0 spiro atoms. The predicted octanol–water partition coefficient (Wildman–Crippen LogP) is 3.12. The smallest absolute Gasteiger partial charge is 0.373 e. The lowest BCUT2D eigenvalue weighted by atomic mass is 10.0. The van der Waals surface area contributed by atoms with Gasteiger partial charge in [-0.2, -0.15) is 18.3 Å². The lowest BCUT2D eigenvalue weighted by molar-refractivity contribution is -0.177. The number of rotatable bonds is 7. The summed E-state index contributed by atoms with van der Waals surface area (Å²) in [4.78, 5) is 19.8. The van der Waals surface area contributed by atoms with Crippen LogP contribution >= 0.6 is 0 Å². The Hall–Kier alpha value is -2.89. The summed E-state index contributed by atoms with van der Waals surface area (Å²) in [6.45, 7) is -0.624. The lowest BCUT2D eigenvalue weighted by Crippen LogP contribution is -2.43. The number of aliphatic hydroxyl groups excluding tert-OH is 1. The first-order chi connectivity index (χ1) is 16.2. The van der Waals surface area contributed by atoms with Crippen molar-refractivity contribution in [1.29, 1.82) is 0 Å². The number of halogens is 3. The topological polar surface area (TPSA) is 97.5 Å². The van der Waals surface area contributed by atoms with Gasteiger partial charge in [0.2, 0.25) is 0 Å². The Labute approximate surface area is 193 Å². The van der Waals surface area contributed by atoms with Gasteiger partial charge >= 0.3 is 6.18 Å². The summed E-state index contributed by atoms with van der Waals surface area (Å²) >= 11 is 0. The highest BCUT2D eigenvalue weighted by atomic mass is 19.4. The number of H-pyrrole nitrogens is 2. The van der Waals surface area contributed by atoms with E-state index >= 15 is 0 Å². The Morgan fingerprint density at radius 3 is 2.82 bits per heavy atom. The fraction of sp³-hybridized carbons (Fsp3) is 0.478. The molecule has 0 radical (unpaired) electrons. The van der Waals surface area contributed by atoms with Crippen molar-refractivity contribution in [3.63, 3.8) is 0 Å². The molecule has 1 saturated carbocycles. The number of para-hydroxylation sites is 1. The van der Waals surface area contributed by atoms with Gasteiger partial charge in [0.05, 0.1) is 17.8 Å². The fourth-order valence-electron chi connectivity index (χ4n) is 4.59. The summed E-state index contributed by atoms with van der Waals surface area (Å²) in [7, 11) is 1.58. The van der Waals surface area contributed by atoms with E-state index < -0.39 is 24.6 Å². The number of aromatic nitrogens is 3. The summed E-state index contributed by atoms with van der Waals surface area (Å²) in [6.07, 6.45) is -3.57. The van der Waals surface area contributed by atoms with Crippen LogP contribution in [-0.4, -0.2) is 74.5 Å². The molecule has 3 heterocycles. The van der Waals surface area contributed by atoms with Gasteiger partial charge in [-0.25, -0.2) is 0 Å². The molecular formula is C23H26F3N5O3. The Balaban J connectivity index is 1.30. The predicted molar refractivity (Wildman–Crippen MR) is 117 cm³/mol. The maximum absolute atomic E-state index is 13.3. The van der Waals surface area contributed by atoms with Crippen molar-refractivity contribution >= 4 is 16.8 Å². The third-order valence-corrected chi connectivity index (χ3v) is 6.82. The number of nitrogens with zero attached hydrogens (tertiary/aromatic N) is 3. The zero-order valence-corrected chi connectivity index (χ0v) is 18.7. The average molecular weight is 477 g/mol. The van der Waals surface area contributed by atoms with E-state index in [1.165, 1.54) is 4.90 Å². The summed E-state index contributed by atoms with van der Waals surface area (Å²) < 4.78 is 42.2. The van der Waals surface area contributed by atoms with Crippen LogP contribution in [0.2, 0.25) is 0 Å².